The predicted molar refractivity (Wildman–Crippen MR) is 104 cm³/mol. The lowest BCUT2D eigenvalue weighted by Gasteiger charge is -2.33. The highest BCUT2D eigenvalue weighted by atomic mass is 35.5. The van der Waals surface area contributed by atoms with Gasteiger partial charge in [-0.2, -0.15) is 18.3 Å². The van der Waals surface area contributed by atoms with Gasteiger partial charge in [-0.15, -0.1) is 0 Å². The summed E-state index contributed by atoms with van der Waals surface area (Å²) >= 11 is 6.40. The Labute approximate surface area is 171 Å². The molecule has 2 aromatic rings. The summed E-state index contributed by atoms with van der Waals surface area (Å²) < 4.78 is 42.3. The van der Waals surface area contributed by atoms with Gasteiger partial charge in [-0.05, 0) is 18.4 Å². The summed E-state index contributed by atoms with van der Waals surface area (Å²) in [5.74, 6) is -0.356. The molecule has 0 radical (unpaired) electrons. The summed E-state index contributed by atoms with van der Waals surface area (Å²) in [6, 6.07) is 6.48. The number of nitrogens with zero attached hydrogens (tertiary/aromatic N) is 3. The standard InChI is InChI=1S/C20H22ClF3N4O/c21-16-17(19(29)27-10-6-1-2-7-11-27)26-28-15(20(22,23)24)12-14(25-18(16)28)13-8-4-3-5-9-13/h3-5,8-9,14-15,25H,1-2,6-7,10-12H2. The van der Waals surface area contributed by atoms with Gasteiger partial charge >= 0.3 is 6.18 Å². The number of benzene rings is 1. The Hall–Kier alpha value is -2.22. The summed E-state index contributed by atoms with van der Waals surface area (Å²) in [7, 11) is 0. The second-order valence-electron chi connectivity index (χ2n) is 7.56. The van der Waals surface area contributed by atoms with Crippen LogP contribution in [0.2, 0.25) is 5.02 Å². The molecule has 156 valence electrons. The molecule has 2 unspecified atom stereocenters. The van der Waals surface area contributed by atoms with Crippen LogP contribution in [0.3, 0.4) is 0 Å². The molecule has 5 nitrogen and oxygen atoms in total. The number of carbonyl (C=O) groups excluding carboxylic acids is 1. The summed E-state index contributed by atoms with van der Waals surface area (Å²) in [5, 5.41) is 7.07. The Kier molecular flexibility index (Phi) is 5.46. The normalized spacial score (nSPS) is 22.6. The van der Waals surface area contributed by atoms with Gasteiger partial charge < -0.3 is 10.2 Å². The average Bonchev–Trinajstić information content (AvgIpc) is 2.88. The highest BCUT2D eigenvalue weighted by Gasteiger charge is 2.48. The molecular weight excluding hydrogens is 405 g/mol. The number of fused-ring (bicyclic) bond motifs is 1. The second-order valence-corrected chi connectivity index (χ2v) is 7.94. The number of halogens is 4. The van der Waals surface area contributed by atoms with Crippen molar-refractivity contribution in [2.24, 2.45) is 0 Å². The van der Waals surface area contributed by atoms with Gasteiger partial charge in [0.1, 0.15) is 10.8 Å². The van der Waals surface area contributed by atoms with Crippen LogP contribution in [0.25, 0.3) is 0 Å². The highest BCUT2D eigenvalue weighted by molar-refractivity contribution is 6.36. The molecule has 1 saturated heterocycles. The van der Waals surface area contributed by atoms with Crippen molar-refractivity contribution in [1.82, 2.24) is 14.7 Å². The maximum absolute atomic E-state index is 13.8. The summed E-state index contributed by atoms with van der Waals surface area (Å²) in [5.41, 5.74) is 0.615. The Morgan fingerprint density at radius 2 is 1.76 bits per heavy atom. The van der Waals surface area contributed by atoms with Crippen molar-refractivity contribution in [3.05, 3.63) is 46.6 Å². The quantitative estimate of drug-likeness (QED) is 0.716. The van der Waals surface area contributed by atoms with Crippen molar-refractivity contribution in [3.8, 4) is 0 Å². The molecule has 4 rings (SSSR count). The van der Waals surface area contributed by atoms with Gasteiger partial charge in [-0.25, -0.2) is 4.68 Å². The minimum absolute atomic E-state index is 0.0471. The first kappa shape index (κ1) is 20.1. The number of alkyl halides is 3. The maximum atomic E-state index is 13.8. The van der Waals surface area contributed by atoms with Crippen LogP contribution < -0.4 is 5.32 Å². The molecule has 29 heavy (non-hydrogen) atoms. The number of hydrogen-bond donors (Lipinski definition) is 1. The van der Waals surface area contributed by atoms with E-state index in [-0.39, 0.29) is 23.0 Å². The molecule has 9 heteroatoms. The number of anilines is 1. The highest BCUT2D eigenvalue weighted by Crippen LogP contribution is 2.46. The minimum Gasteiger partial charge on any atom is -0.362 e. The molecule has 0 saturated carbocycles. The Morgan fingerprint density at radius 3 is 2.38 bits per heavy atom. The van der Waals surface area contributed by atoms with Gasteiger partial charge in [0.05, 0.1) is 6.04 Å². The maximum Gasteiger partial charge on any atom is 0.410 e. The Bertz CT molecular complexity index is 876. The van der Waals surface area contributed by atoms with E-state index in [2.05, 4.69) is 10.4 Å². The molecule has 0 aliphatic carbocycles. The van der Waals surface area contributed by atoms with E-state index in [0.717, 1.165) is 35.9 Å². The first-order chi connectivity index (χ1) is 13.9. The van der Waals surface area contributed by atoms with E-state index in [1.807, 2.05) is 6.07 Å². The zero-order chi connectivity index (χ0) is 20.6. The van der Waals surface area contributed by atoms with E-state index in [9.17, 15) is 18.0 Å². The van der Waals surface area contributed by atoms with Gasteiger partial charge in [-0.3, -0.25) is 4.79 Å². The van der Waals surface area contributed by atoms with E-state index < -0.39 is 24.2 Å². The number of amides is 1. The van der Waals surface area contributed by atoms with Crippen molar-refractivity contribution < 1.29 is 18.0 Å². The van der Waals surface area contributed by atoms with Gasteiger partial charge in [0.15, 0.2) is 11.7 Å². The van der Waals surface area contributed by atoms with Crippen LogP contribution >= 0.6 is 11.6 Å². The van der Waals surface area contributed by atoms with Crippen molar-refractivity contribution in [1.29, 1.82) is 0 Å². The van der Waals surface area contributed by atoms with Crippen LogP contribution in [0.1, 0.15) is 60.2 Å². The van der Waals surface area contributed by atoms with Crippen LogP contribution in [-0.4, -0.2) is 39.9 Å². The molecule has 1 aromatic carbocycles. The topological polar surface area (TPSA) is 50.2 Å². The number of rotatable bonds is 2. The SMILES string of the molecule is O=C(c1nn2c(c1Cl)NC(c1ccccc1)CC2C(F)(F)F)N1CCCCCC1. The molecule has 0 spiro atoms. The zero-order valence-corrected chi connectivity index (χ0v) is 16.5. The zero-order valence-electron chi connectivity index (χ0n) is 15.8. The third-order valence-electron chi connectivity index (χ3n) is 5.59. The molecule has 1 fully saturated rings. The van der Waals surface area contributed by atoms with Gasteiger partial charge in [-0.1, -0.05) is 54.8 Å². The number of nitrogens with one attached hydrogen (secondary N) is 1. The Morgan fingerprint density at radius 1 is 1.10 bits per heavy atom. The fraction of sp³-hybridized carbons (Fsp3) is 0.500. The first-order valence-corrected chi connectivity index (χ1v) is 10.2. The van der Waals surface area contributed by atoms with Gasteiger partial charge in [0.25, 0.3) is 5.91 Å². The van der Waals surface area contributed by atoms with Crippen LogP contribution in [0.5, 0.6) is 0 Å². The molecule has 1 N–H and O–H groups in total. The van der Waals surface area contributed by atoms with E-state index in [4.69, 9.17) is 11.6 Å². The first-order valence-electron chi connectivity index (χ1n) is 9.81. The minimum atomic E-state index is -4.51. The monoisotopic (exact) mass is 426 g/mol. The van der Waals surface area contributed by atoms with Crippen LogP contribution in [0.15, 0.2) is 30.3 Å². The smallest absolute Gasteiger partial charge is 0.362 e. The van der Waals surface area contributed by atoms with E-state index >= 15 is 0 Å². The average molecular weight is 427 g/mol. The van der Waals surface area contributed by atoms with E-state index in [0.29, 0.717) is 13.1 Å². The fourth-order valence-electron chi connectivity index (χ4n) is 4.05. The number of hydrogen-bond acceptors (Lipinski definition) is 3. The van der Waals surface area contributed by atoms with Crippen LogP contribution in [0.4, 0.5) is 19.0 Å². The summed E-state index contributed by atoms with van der Waals surface area (Å²) in [6.07, 6.45) is -0.924. The third kappa shape index (κ3) is 3.95. The predicted octanol–water partition coefficient (Wildman–Crippen LogP) is 5.21. The summed E-state index contributed by atoms with van der Waals surface area (Å²) in [4.78, 5) is 14.6. The van der Waals surface area contributed by atoms with Crippen LogP contribution in [0, 0.1) is 0 Å². The fourth-order valence-corrected chi connectivity index (χ4v) is 4.31. The largest absolute Gasteiger partial charge is 0.410 e. The molecule has 2 aliphatic rings. The van der Waals surface area contributed by atoms with Gasteiger partial charge in [0.2, 0.25) is 0 Å². The number of carbonyl (C=O) groups is 1. The number of likely N-dealkylation sites (tertiary alicyclic amines) is 1. The summed E-state index contributed by atoms with van der Waals surface area (Å²) in [6.45, 7) is 1.14. The van der Waals surface area contributed by atoms with Crippen LogP contribution in [-0.2, 0) is 0 Å². The molecule has 3 heterocycles. The lowest BCUT2D eigenvalue weighted by Crippen LogP contribution is -2.36. The molecule has 2 atom stereocenters. The molecule has 0 bridgehead atoms. The van der Waals surface area contributed by atoms with Gasteiger partial charge in [0, 0.05) is 19.5 Å². The van der Waals surface area contributed by atoms with E-state index in [1.165, 1.54) is 0 Å². The second kappa shape index (κ2) is 7.89. The Balaban J connectivity index is 1.71. The number of aromatic nitrogens is 2. The molecule has 1 amide bonds. The van der Waals surface area contributed by atoms with Crippen molar-refractivity contribution in [3.63, 3.8) is 0 Å². The molecule has 2 aliphatic heterocycles. The third-order valence-corrected chi connectivity index (χ3v) is 5.95. The van der Waals surface area contributed by atoms with E-state index in [1.54, 1.807) is 29.2 Å². The van der Waals surface area contributed by atoms with Crippen molar-refractivity contribution in [2.75, 3.05) is 18.4 Å². The van der Waals surface area contributed by atoms with Crippen molar-refractivity contribution in [2.45, 2.75) is 50.4 Å². The molecular formula is C20H22ClF3N4O. The van der Waals surface area contributed by atoms with Crippen molar-refractivity contribution >= 4 is 23.3 Å². The molecule has 1 aromatic heterocycles. The lowest BCUT2D eigenvalue weighted by atomic mass is 9.97. The lowest BCUT2D eigenvalue weighted by molar-refractivity contribution is -0.173.